The van der Waals surface area contributed by atoms with E-state index < -0.39 is 0 Å². The molecule has 0 amide bonds. The van der Waals surface area contributed by atoms with E-state index in [0.29, 0.717) is 5.56 Å². The summed E-state index contributed by atoms with van der Waals surface area (Å²) in [4.78, 5) is 4.10. The van der Waals surface area contributed by atoms with Gasteiger partial charge in [0.05, 0.1) is 0 Å². The van der Waals surface area contributed by atoms with Crippen molar-refractivity contribution in [3.05, 3.63) is 29.8 Å². The molecular weight excluding hydrogens is 173 g/mol. The van der Waals surface area contributed by atoms with Gasteiger partial charge < -0.3 is 5.11 Å². The monoisotopic (exact) mass is 185 g/mol. The maximum Gasteiger partial charge on any atom is 1.00 e. The number of benzene rings is 1. The number of aliphatic imine (C=N–C) groups is 1. The number of rotatable bonds is 3. The average Bonchev–Trinajstić information content (AvgIpc) is 2.09. The van der Waals surface area contributed by atoms with E-state index in [-0.39, 0.29) is 35.3 Å². The Balaban J connectivity index is 0.00000144. The first kappa shape index (κ1) is 12.7. The Morgan fingerprint density at radius 3 is 2.69 bits per heavy atom. The fourth-order valence-electron chi connectivity index (χ4n) is 0.879. The summed E-state index contributed by atoms with van der Waals surface area (Å²) >= 11 is 0. The zero-order valence-corrected chi connectivity index (χ0v) is 10.2. The number of para-hydroxylation sites is 1. The topological polar surface area (TPSA) is 35.4 Å². The molecule has 0 saturated heterocycles. The summed E-state index contributed by atoms with van der Waals surface area (Å²) in [6, 6.07) is 6.91. The van der Waals surface area contributed by atoms with Crippen molar-refractivity contribution in [2.75, 3.05) is 6.54 Å². The van der Waals surface area contributed by atoms with Crippen molar-refractivity contribution in [1.29, 1.82) is 0 Å². The van der Waals surface area contributed by atoms with Crippen LogP contribution in [0, 0.1) is 0 Å². The van der Waals surface area contributed by atoms with Crippen LogP contribution in [0.5, 0.6) is 5.75 Å². The minimum absolute atomic E-state index is 0. The van der Waals surface area contributed by atoms with E-state index in [1.807, 2.05) is 6.07 Å². The molecule has 0 fully saturated rings. The van der Waals surface area contributed by atoms with Gasteiger partial charge in [0.25, 0.3) is 0 Å². The van der Waals surface area contributed by atoms with Crippen LogP contribution in [0.25, 0.3) is 0 Å². The van der Waals surface area contributed by atoms with Gasteiger partial charge in [-0.25, -0.2) is 0 Å². The Hall–Kier alpha value is -0.310. The molecular formula is C10H12NNaO. The standard InChI is InChI=1S/C10H13NO.Na/c1-2-7-11-8-9-5-3-4-6-10(9)12;/h3-6,8,12H,2,7H2,1H3;/q;+1/p-1. The van der Waals surface area contributed by atoms with E-state index in [0.717, 1.165) is 13.0 Å². The van der Waals surface area contributed by atoms with Crippen molar-refractivity contribution >= 4 is 6.21 Å². The van der Waals surface area contributed by atoms with E-state index in [1.165, 1.54) is 0 Å². The van der Waals surface area contributed by atoms with E-state index >= 15 is 0 Å². The number of hydrogen-bond donors (Lipinski definition) is 0. The Morgan fingerprint density at radius 2 is 2.08 bits per heavy atom. The molecule has 13 heavy (non-hydrogen) atoms. The number of nitrogens with zero attached hydrogens (tertiary/aromatic N) is 1. The smallest absolute Gasteiger partial charge is 0.872 e. The molecule has 2 nitrogen and oxygen atoms in total. The van der Waals surface area contributed by atoms with Gasteiger partial charge in [-0.3, -0.25) is 4.99 Å². The van der Waals surface area contributed by atoms with Crippen LogP contribution in [0.2, 0.25) is 0 Å². The predicted molar refractivity (Wildman–Crippen MR) is 48.6 cm³/mol. The summed E-state index contributed by atoms with van der Waals surface area (Å²) in [5, 5.41) is 11.1. The Labute approximate surface area is 101 Å². The molecule has 0 unspecified atom stereocenters. The van der Waals surface area contributed by atoms with Gasteiger partial charge in [-0.2, -0.15) is 0 Å². The molecule has 0 aliphatic rings. The summed E-state index contributed by atoms with van der Waals surface area (Å²) in [7, 11) is 0. The maximum atomic E-state index is 11.1. The van der Waals surface area contributed by atoms with Crippen molar-refractivity contribution in [3.63, 3.8) is 0 Å². The molecule has 1 aromatic rings. The zero-order chi connectivity index (χ0) is 8.81. The van der Waals surface area contributed by atoms with Gasteiger partial charge in [0.1, 0.15) is 0 Å². The number of hydrogen-bond acceptors (Lipinski definition) is 2. The third-order valence-electron chi connectivity index (χ3n) is 1.50. The summed E-state index contributed by atoms with van der Waals surface area (Å²) in [5.41, 5.74) is 0.672. The second-order valence-corrected chi connectivity index (χ2v) is 2.57. The van der Waals surface area contributed by atoms with E-state index in [2.05, 4.69) is 11.9 Å². The van der Waals surface area contributed by atoms with Gasteiger partial charge in [-0.1, -0.05) is 31.2 Å². The minimum Gasteiger partial charge on any atom is -0.872 e. The summed E-state index contributed by atoms with van der Waals surface area (Å²) in [6.45, 7) is 2.84. The molecule has 1 rings (SSSR count). The molecule has 0 spiro atoms. The molecule has 0 aromatic heterocycles. The Morgan fingerprint density at radius 1 is 1.38 bits per heavy atom. The molecule has 3 heteroatoms. The van der Waals surface area contributed by atoms with Crippen molar-refractivity contribution in [2.45, 2.75) is 13.3 Å². The van der Waals surface area contributed by atoms with Crippen molar-refractivity contribution in [3.8, 4) is 5.75 Å². The predicted octanol–water partition coefficient (Wildman–Crippen LogP) is -1.41. The first-order valence-corrected chi connectivity index (χ1v) is 4.10. The fourth-order valence-corrected chi connectivity index (χ4v) is 0.879. The summed E-state index contributed by atoms with van der Waals surface area (Å²) in [6.07, 6.45) is 2.66. The van der Waals surface area contributed by atoms with Gasteiger partial charge >= 0.3 is 29.6 Å². The maximum absolute atomic E-state index is 11.1. The SMILES string of the molecule is CCCN=Cc1ccccc1[O-].[Na+]. The van der Waals surface area contributed by atoms with Gasteiger partial charge in [0.2, 0.25) is 0 Å². The Kier molecular flexibility index (Phi) is 6.96. The third kappa shape index (κ3) is 4.46. The first-order chi connectivity index (χ1) is 5.84. The van der Waals surface area contributed by atoms with Gasteiger partial charge in [-0.05, 0) is 12.0 Å². The van der Waals surface area contributed by atoms with Crippen LogP contribution in [0.3, 0.4) is 0 Å². The zero-order valence-electron chi connectivity index (χ0n) is 8.16. The Bertz CT molecular complexity index is 273. The largest absolute Gasteiger partial charge is 1.00 e. The van der Waals surface area contributed by atoms with Crippen LogP contribution >= 0.6 is 0 Å². The normalized spacial score (nSPS) is 9.92. The quantitative estimate of drug-likeness (QED) is 0.421. The van der Waals surface area contributed by atoms with Gasteiger partial charge in [0.15, 0.2) is 0 Å². The van der Waals surface area contributed by atoms with Crippen LogP contribution in [-0.4, -0.2) is 12.8 Å². The second kappa shape index (κ2) is 7.13. The van der Waals surface area contributed by atoms with E-state index in [4.69, 9.17) is 0 Å². The van der Waals surface area contributed by atoms with Crippen molar-refractivity contribution in [1.82, 2.24) is 0 Å². The van der Waals surface area contributed by atoms with Crippen molar-refractivity contribution in [2.24, 2.45) is 4.99 Å². The van der Waals surface area contributed by atoms with Gasteiger partial charge in [-0.15, -0.1) is 5.75 Å². The molecule has 0 aliphatic heterocycles. The van der Waals surface area contributed by atoms with E-state index in [9.17, 15) is 5.11 Å². The molecule has 1 aromatic carbocycles. The van der Waals surface area contributed by atoms with Crippen LogP contribution in [0.4, 0.5) is 0 Å². The van der Waals surface area contributed by atoms with Gasteiger partial charge in [0, 0.05) is 12.8 Å². The minimum atomic E-state index is 0. The molecule has 0 saturated carbocycles. The van der Waals surface area contributed by atoms with Crippen molar-refractivity contribution < 1.29 is 34.7 Å². The fraction of sp³-hybridized carbons (Fsp3) is 0.300. The molecule has 0 N–H and O–H groups in total. The summed E-state index contributed by atoms with van der Waals surface area (Å²) < 4.78 is 0. The third-order valence-corrected chi connectivity index (χ3v) is 1.50. The summed E-state index contributed by atoms with van der Waals surface area (Å²) in [5.74, 6) is 0.0392. The molecule has 0 aliphatic carbocycles. The average molecular weight is 185 g/mol. The molecule has 0 atom stereocenters. The van der Waals surface area contributed by atoms with Crippen LogP contribution in [0.15, 0.2) is 29.3 Å². The molecule has 0 radical (unpaired) electrons. The molecule has 0 bridgehead atoms. The van der Waals surface area contributed by atoms with E-state index in [1.54, 1.807) is 24.4 Å². The molecule has 0 heterocycles. The van der Waals surface area contributed by atoms with Crippen LogP contribution in [0.1, 0.15) is 18.9 Å². The molecule has 64 valence electrons. The second-order valence-electron chi connectivity index (χ2n) is 2.57. The van der Waals surface area contributed by atoms with Crippen LogP contribution < -0.4 is 34.7 Å². The van der Waals surface area contributed by atoms with Crippen LogP contribution in [-0.2, 0) is 0 Å². The first-order valence-electron chi connectivity index (χ1n) is 4.10.